The van der Waals surface area contributed by atoms with Gasteiger partial charge in [-0.25, -0.2) is 4.79 Å². The number of benzene rings is 2. The van der Waals surface area contributed by atoms with E-state index in [4.69, 9.17) is 21.1 Å². The molecule has 0 saturated heterocycles. The van der Waals surface area contributed by atoms with Crippen LogP contribution in [0.2, 0.25) is 5.02 Å². The van der Waals surface area contributed by atoms with Crippen molar-refractivity contribution in [2.45, 2.75) is 103 Å². The van der Waals surface area contributed by atoms with Crippen LogP contribution in [0.1, 0.15) is 107 Å². The number of ketones is 1. The number of ether oxygens (including phenoxy) is 2. The van der Waals surface area contributed by atoms with Gasteiger partial charge in [0.2, 0.25) is 5.91 Å². The maximum absolute atomic E-state index is 13.0. The number of carbonyl (C=O) groups is 4. The molecular weight excluding hydrogens is 780 g/mol. The van der Waals surface area contributed by atoms with Gasteiger partial charge in [0, 0.05) is 35.0 Å². The van der Waals surface area contributed by atoms with Crippen molar-refractivity contribution in [2.75, 3.05) is 26.4 Å². The third-order valence-electron chi connectivity index (χ3n) is 9.08. The highest BCUT2D eigenvalue weighted by Gasteiger charge is 2.30. The van der Waals surface area contributed by atoms with Crippen molar-refractivity contribution in [2.24, 2.45) is 5.92 Å². The highest BCUT2D eigenvalue weighted by molar-refractivity contribution is 6.30. The minimum atomic E-state index is -1.22. The number of halogens is 1. The van der Waals surface area contributed by atoms with Gasteiger partial charge in [0.25, 0.3) is 5.91 Å². The third-order valence-corrected chi connectivity index (χ3v) is 9.33. The molecule has 0 bridgehead atoms. The van der Waals surface area contributed by atoms with E-state index in [1.54, 1.807) is 62.4 Å². The van der Waals surface area contributed by atoms with Crippen LogP contribution in [0.25, 0.3) is 0 Å². The van der Waals surface area contributed by atoms with Gasteiger partial charge in [0.15, 0.2) is 11.4 Å². The van der Waals surface area contributed by atoms with Gasteiger partial charge < -0.3 is 30.3 Å². The lowest BCUT2D eigenvalue weighted by Gasteiger charge is -2.25. The number of unbranched alkanes of at least 4 members (excludes halogenated alkanes) is 1. The van der Waals surface area contributed by atoms with E-state index in [2.05, 4.69) is 78.3 Å². The van der Waals surface area contributed by atoms with Crippen LogP contribution in [0.3, 0.4) is 0 Å². The van der Waals surface area contributed by atoms with Crippen molar-refractivity contribution < 1.29 is 38.9 Å². The summed E-state index contributed by atoms with van der Waals surface area (Å²) in [5.41, 5.74) is -0.245. The average Bonchev–Trinajstić information content (AvgIpc) is 3.24. The lowest BCUT2D eigenvalue weighted by molar-refractivity contribution is -0.150. The van der Waals surface area contributed by atoms with Crippen LogP contribution in [0.5, 0.6) is 5.75 Å². The van der Waals surface area contributed by atoms with Crippen molar-refractivity contribution in [3.8, 4) is 5.75 Å². The highest BCUT2D eigenvalue weighted by Crippen LogP contribution is 2.21. The summed E-state index contributed by atoms with van der Waals surface area (Å²) in [5.74, 6) is -1.65. The van der Waals surface area contributed by atoms with Crippen molar-refractivity contribution in [3.63, 3.8) is 0 Å². The molecule has 4 N–H and O–H groups in total. The SMILES string of the molecule is CCC=CCC=CCC=CCC=CCC=CCC=CCCC(=O)NC(CCCCNC(=O)C(C)(C)Oc1ccc(C(=O)c2ccc(Cl)cc2)cc1)C(=O)OCC(CO)CO. The summed E-state index contributed by atoms with van der Waals surface area (Å²) in [6, 6.07) is 12.3. The summed E-state index contributed by atoms with van der Waals surface area (Å²) in [7, 11) is 0. The van der Waals surface area contributed by atoms with Crippen LogP contribution in [-0.2, 0) is 19.1 Å². The second-order valence-electron chi connectivity index (χ2n) is 14.7. The molecular formula is C49H65ClN2O8. The fourth-order valence-electron chi connectivity index (χ4n) is 5.50. The number of hydrogen-bond donors (Lipinski definition) is 4. The summed E-state index contributed by atoms with van der Waals surface area (Å²) in [6.07, 6.45) is 33.0. The first-order valence-electron chi connectivity index (χ1n) is 21.0. The zero-order chi connectivity index (χ0) is 43.9. The Hall–Kier alpha value is -5.03. The molecule has 2 rings (SSSR count). The molecule has 1 unspecified atom stereocenters. The Morgan fingerprint density at radius 2 is 1.22 bits per heavy atom. The zero-order valence-electron chi connectivity index (χ0n) is 35.5. The molecule has 2 amide bonds. The number of amides is 2. The summed E-state index contributed by atoms with van der Waals surface area (Å²) in [5, 5.41) is 24.9. The Morgan fingerprint density at radius 3 is 1.73 bits per heavy atom. The van der Waals surface area contributed by atoms with E-state index in [1.807, 2.05) is 12.2 Å². The molecule has 326 valence electrons. The van der Waals surface area contributed by atoms with E-state index in [1.165, 1.54) is 0 Å². The summed E-state index contributed by atoms with van der Waals surface area (Å²) in [6.45, 7) is 4.85. The predicted molar refractivity (Wildman–Crippen MR) is 241 cm³/mol. The van der Waals surface area contributed by atoms with E-state index in [-0.39, 0.29) is 50.3 Å². The van der Waals surface area contributed by atoms with Gasteiger partial charge in [-0.05, 0) is 127 Å². The predicted octanol–water partition coefficient (Wildman–Crippen LogP) is 9.12. The van der Waals surface area contributed by atoms with Crippen molar-refractivity contribution in [1.29, 1.82) is 0 Å². The van der Waals surface area contributed by atoms with Crippen LogP contribution in [0.15, 0.2) is 121 Å². The minimum Gasteiger partial charge on any atom is -0.478 e. The number of hydrogen-bond acceptors (Lipinski definition) is 8. The fourth-order valence-corrected chi connectivity index (χ4v) is 5.63. The Kier molecular flexibility index (Phi) is 26.3. The van der Waals surface area contributed by atoms with Gasteiger partial charge in [-0.3, -0.25) is 14.4 Å². The molecule has 0 radical (unpaired) electrons. The lowest BCUT2D eigenvalue weighted by atomic mass is 10.0. The lowest BCUT2D eigenvalue weighted by Crippen LogP contribution is -2.47. The van der Waals surface area contributed by atoms with Gasteiger partial charge in [-0.1, -0.05) is 91.4 Å². The fraction of sp³-hybridized carbons (Fsp3) is 0.429. The smallest absolute Gasteiger partial charge is 0.328 e. The van der Waals surface area contributed by atoms with E-state index in [0.29, 0.717) is 47.7 Å². The standard InChI is InChI=1S/C49H65ClN2O8/c1-4-5-6-7-8-9-10-11-12-13-14-15-16-17-18-19-20-21-22-26-45(55)52-44(47(57)59-38-39(36-53)37-54)25-23-24-35-51-48(58)49(2,3)60-43-33-29-41(30-34-43)46(56)40-27-31-42(50)32-28-40/h5-6,8-9,11-12,14-15,17-18,20-21,27-34,39,44,53-54H,4,7,10,13,16,19,22-26,35-38H2,1-3H3,(H,51,58)(H,52,55). The van der Waals surface area contributed by atoms with Crippen LogP contribution in [0.4, 0.5) is 0 Å². The number of aliphatic hydroxyl groups is 2. The quantitative estimate of drug-likeness (QED) is 0.0263. The number of carbonyl (C=O) groups excluding carboxylic acids is 4. The van der Waals surface area contributed by atoms with Gasteiger partial charge in [-0.2, -0.15) is 0 Å². The van der Waals surface area contributed by atoms with Crippen molar-refractivity contribution >= 4 is 35.2 Å². The second-order valence-corrected chi connectivity index (χ2v) is 15.1. The molecule has 2 aromatic rings. The molecule has 0 aliphatic carbocycles. The molecule has 0 aliphatic heterocycles. The average molecular weight is 846 g/mol. The molecule has 0 spiro atoms. The number of nitrogens with one attached hydrogen (secondary N) is 2. The van der Waals surface area contributed by atoms with E-state index >= 15 is 0 Å². The van der Waals surface area contributed by atoms with E-state index < -0.39 is 23.5 Å². The van der Waals surface area contributed by atoms with Gasteiger partial charge in [-0.15, -0.1) is 0 Å². The van der Waals surface area contributed by atoms with Crippen LogP contribution >= 0.6 is 11.6 Å². The summed E-state index contributed by atoms with van der Waals surface area (Å²) >= 11 is 5.93. The number of allylic oxidation sites excluding steroid dienone is 12. The van der Waals surface area contributed by atoms with Crippen molar-refractivity contribution in [1.82, 2.24) is 10.6 Å². The molecule has 0 saturated carbocycles. The Bertz CT molecular complexity index is 1740. The third kappa shape index (κ3) is 22.4. The second kappa shape index (κ2) is 30.9. The maximum Gasteiger partial charge on any atom is 0.328 e. The normalized spacial score (nSPS) is 12.8. The van der Waals surface area contributed by atoms with Gasteiger partial charge in [0.05, 0.1) is 19.8 Å². The van der Waals surface area contributed by atoms with Gasteiger partial charge in [0.1, 0.15) is 11.8 Å². The molecule has 2 aromatic carbocycles. The zero-order valence-corrected chi connectivity index (χ0v) is 36.3. The topological polar surface area (TPSA) is 151 Å². The molecule has 10 nitrogen and oxygen atoms in total. The largest absolute Gasteiger partial charge is 0.478 e. The summed E-state index contributed by atoms with van der Waals surface area (Å²) < 4.78 is 11.3. The molecule has 0 heterocycles. The molecule has 0 aliphatic rings. The minimum absolute atomic E-state index is 0.161. The van der Waals surface area contributed by atoms with E-state index in [0.717, 1.165) is 38.5 Å². The Balaban J connectivity index is 1.75. The Labute approximate surface area is 362 Å². The molecule has 0 aromatic heterocycles. The molecule has 11 heteroatoms. The number of rotatable bonds is 30. The van der Waals surface area contributed by atoms with Crippen LogP contribution in [-0.4, -0.2) is 71.8 Å². The first-order chi connectivity index (χ1) is 29.0. The van der Waals surface area contributed by atoms with Crippen LogP contribution < -0.4 is 15.4 Å². The molecule has 1 atom stereocenters. The molecule has 60 heavy (non-hydrogen) atoms. The Morgan fingerprint density at radius 1 is 0.717 bits per heavy atom. The summed E-state index contributed by atoms with van der Waals surface area (Å²) in [4.78, 5) is 51.6. The van der Waals surface area contributed by atoms with E-state index in [9.17, 15) is 29.4 Å². The maximum atomic E-state index is 13.0. The number of aliphatic hydroxyl groups excluding tert-OH is 2. The monoisotopic (exact) mass is 844 g/mol. The molecule has 0 fully saturated rings. The van der Waals surface area contributed by atoms with Crippen LogP contribution in [0, 0.1) is 5.92 Å². The number of esters is 1. The van der Waals surface area contributed by atoms with Crippen molar-refractivity contribution in [3.05, 3.63) is 138 Å². The first-order valence-corrected chi connectivity index (χ1v) is 21.3. The first kappa shape index (κ1) is 51.1. The van der Waals surface area contributed by atoms with Gasteiger partial charge >= 0.3 is 5.97 Å². The highest BCUT2D eigenvalue weighted by atomic mass is 35.5.